The van der Waals surface area contributed by atoms with Crippen molar-refractivity contribution in [1.29, 1.82) is 5.41 Å². The standard InChI is InChI=1S/C14H22N6O3.C2H2/c1-20-4-3-8(6-20)17-14(22)19-11-5-9(15)12(13(16)23-2)10(7-21)18-11;1-2/h5,8,16,21H,3-4,6-7H2,1-2H3,(H4,15,17,18,19,22);1-2H/t8-;/m0./s1. The summed E-state index contributed by atoms with van der Waals surface area (Å²) in [5.74, 6) is 0.0205. The summed E-state index contributed by atoms with van der Waals surface area (Å²) >= 11 is 0. The largest absolute Gasteiger partial charge is 0.481 e. The maximum absolute atomic E-state index is 12.0. The smallest absolute Gasteiger partial charge is 0.320 e. The molecule has 1 saturated heterocycles. The van der Waals surface area contributed by atoms with Crippen LogP contribution in [0.1, 0.15) is 17.7 Å². The van der Waals surface area contributed by atoms with Crippen molar-refractivity contribution in [3.63, 3.8) is 0 Å². The third kappa shape index (κ3) is 5.34. The number of amides is 2. The van der Waals surface area contributed by atoms with Crippen molar-refractivity contribution < 1.29 is 14.6 Å². The first-order valence-corrected chi connectivity index (χ1v) is 7.57. The lowest BCUT2D eigenvalue weighted by molar-refractivity contribution is 0.248. The predicted molar refractivity (Wildman–Crippen MR) is 96.4 cm³/mol. The van der Waals surface area contributed by atoms with Crippen LogP contribution in [0.2, 0.25) is 0 Å². The minimum Gasteiger partial charge on any atom is -0.481 e. The number of carbonyl (C=O) groups is 1. The number of aliphatic hydroxyl groups is 1. The van der Waals surface area contributed by atoms with E-state index in [2.05, 4.69) is 33.4 Å². The zero-order valence-electron chi connectivity index (χ0n) is 14.4. The van der Waals surface area contributed by atoms with Crippen LogP contribution in [0.5, 0.6) is 0 Å². The third-order valence-electron chi connectivity index (χ3n) is 3.67. The van der Waals surface area contributed by atoms with Gasteiger partial charge in [-0.15, -0.1) is 12.8 Å². The third-order valence-corrected chi connectivity index (χ3v) is 3.67. The van der Waals surface area contributed by atoms with Gasteiger partial charge in [-0.3, -0.25) is 10.7 Å². The van der Waals surface area contributed by atoms with E-state index in [9.17, 15) is 9.90 Å². The number of likely N-dealkylation sites (N-methyl/N-ethyl adjacent to an activating group) is 1. The molecule has 0 saturated carbocycles. The summed E-state index contributed by atoms with van der Waals surface area (Å²) in [6.07, 6.45) is 8.89. The van der Waals surface area contributed by atoms with Gasteiger partial charge in [0.05, 0.1) is 25.0 Å². The Kier molecular flexibility index (Phi) is 7.65. The van der Waals surface area contributed by atoms with E-state index in [-0.39, 0.29) is 40.7 Å². The first kappa shape index (κ1) is 20.2. The van der Waals surface area contributed by atoms with Crippen LogP contribution in [0.4, 0.5) is 16.3 Å². The fourth-order valence-corrected chi connectivity index (χ4v) is 2.55. The molecule has 2 rings (SSSR count). The van der Waals surface area contributed by atoms with Crippen molar-refractivity contribution in [2.75, 3.05) is 38.3 Å². The number of hydrogen-bond donors (Lipinski definition) is 5. The molecular formula is C16H24N6O3. The number of terminal acetylenes is 1. The van der Waals surface area contributed by atoms with Gasteiger partial charge in [-0.2, -0.15) is 0 Å². The molecule has 1 aromatic rings. The van der Waals surface area contributed by atoms with E-state index < -0.39 is 6.61 Å². The highest BCUT2D eigenvalue weighted by Gasteiger charge is 2.22. The van der Waals surface area contributed by atoms with Gasteiger partial charge in [-0.25, -0.2) is 9.78 Å². The first-order valence-electron chi connectivity index (χ1n) is 7.57. The Bertz CT molecular complexity index is 646. The highest BCUT2D eigenvalue weighted by molar-refractivity contribution is 5.99. The second-order valence-electron chi connectivity index (χ2n) is 5.46. The maximum atomic E-state index is 12.0. The summed E-state index contributed by atoms with van der Waals surface area (Å²) in [6, 6.07) is 1.15. The van der Waals surface area contributed by atoms with Crippen molar-refractivity contribution in [1.82, 2.24) is 15.2 Å². The Morgan fingerprint density at radius 3 is 2.80 bits per heavy atom. The number of hydrogen-bond acceptors (Lipinski definition) is 7. The second kappa shape index (κ2) is 9.46. The van der Waals surface area contributed by atoms with Crippen LogP contribution >= 0.6 is 0 Å². The average molecular weight is 348 g/mol. The number of nitrogen functional groups attached to an aromatic ring is 1. The van der Waals surface area contributed by atoms with Crippen LogP contribution in [0.25, 0.3) is 0 Å². The molecule has 0 spiro atoms. The van der Waals surface area contributed by atoms with E-state index in [0.29, 0.717) is 0 Å². The number of aliphatic hydroxyl groups excluding tert-OH is 1. The molecule has 9 heteroatoms. The Balaban J connectivity index is 0.00000151. The number of urea groups is 1. The molecule has 0 unspecified atom stereocenters. The number of nitrogens with two attached hydrogens (primary N) is 1. The van der Waals surface area contributed by atoms with Gasteiger partial charge in [0, 0.05) is 24.3 Å². The zero-order chi connectivity index (χ0) is 19.0. The van der Waals surface area contributed by atoms with E-state index in [4.69, 9.17) is 15.9 Å². The Hall–Kier alpha value is -2.83. The maximum Gasteiger partial charge on any atom is 0.320 e. The minimum absolute atomic E-state index is 0.0931. The van der Waals surface area contributed by atoms with Gasteiger partial charge in [0.15, 0.2) is 0 Å². The fourth-order valence-electron chi connectivity index (χ4n) is 2.55. The van der Waals surface area contributed by atoms with Crippen LogP contribution in [0.3, 0.4) is 0 Å². The van der Waals surface area contributed by atoms with E-state index in [0.717, 1.165) is 19.5 Å². The first-order chi connectivity index (χ1) is 11.9. The lowest BCUT2D eigenvalue weighted by Crippen LogP contribution is -2.39. The van der Waals surface area contributed by atoms with Gasteiger partial charge in [0.1, 0.15) is 5.82 Å². The molecule has 1 atom stereocenters. The van der Waals surface area contributed by atoms with E-state index in [1.54, 1.807) is 0 Å². The van der Waals surface area contributed by atoms with Gasteiger partial charge in [0.25, 0.3) is 0 Å². The number of nitrogens with zero attached hydrogens (tertiary/aromatic N) is 2. The molecule has 9 nitrogen and oxygen atoms in total. The minimum atomic E-state index is -0.421. The number of likely N-dealkylation sites (tertiary alicyclic amines) is 1. The molecule has 25 heavy (non-hydrogen) atoms. The van der Waals surface area contributed by atoms with Crippen molar-refractivity contribution in [2.24, 2.45) is 0 Å². The lowest BCUT2D eigenvalue weighted by atomic mass is 10.1. The van der Waals surface area contributed by atoms with Gasteiger partial charge < -0.3 is 25.8 Å². The van der Waals surface area contributed by atoms with Crippen LogP contribution in [-0.4, -0.2) is 60.2 Å². The predicted octanol–water partition coefficient (Wildman–Crippen LogP) is 0.203. The fraction of sp³-hybridized carbons (Fsp3) is 0.438. The molecule has 0 aliphatic carbocycles. The van der Waals surface area contributed by atoms with Gasteiger partial charge in [0.2, 0.25) is 5.90 Å². The summed E-state index contributed by atoms with van der Waals surface area (Å²) < 4.78 is 4.83. The molecule has 0 radical (unpaired) electrons. The molecule has 1 aliphatic rings. The highest BCUT2D eigenvalue weighted by atomic mass is 16.5. The molecule has 1 aliphatic heterocycles. The normalized spacial score (nSPS) is 16.4. The number of ether oxygens (including phenoxy) is 1. The molecule has 6 N–H and O–H groups in total. The summed E-state index contributed by atoms with van der Waals surface area (Å²) in [5.41, 5.74) is 6.48. The van der Waals surface area contributed by atoms with Gasteiger partial charge in [-0.05, 0) is 20.0 Å². The average Bonchev–Trinajstić information content (AvgIpc) is 3.00. The monoisotopic (exact) mass is 348 g/mol. The summed E-state index contributed by atoms with van der Waals surface area (Å²) in [6.45, 7) is 1.32. The number of pyridine rings is 1. The summed E-state index contributed by atoms with van der Waals surface area (Å²) in [7, 11) is 3.33. The number of anilines is 2. The van der Waals surface area contributed by atoms with Crippen molar-refractivity contribution >= 4 is 23.4 Å². The topological polar surface area (TPSA) is 137 Å². The van der Waals surface area contributed by atoms with Gasteiger partial charge in [-0.1, -0.05) is 0 Å². The summed E-state index contributed by atoms with van der Waals surface area (Å²) in [4.78, 5) is 18.3. The van der Waals surface area contributed by atoms with Crippen molar-refractivity contribution in [3.05, 3.63) is 17.3 Å². The molecular weight excluding hydrogens is 324 g/mol. The van der Waals surface area contributed by atoms with Crippen LogP contribution < -0.4 is 16.4 Å². The lowest BCUT2D eigenvalue weighted by Gasteiger charge is -2.15. The molecule has 0 aromatic carbocycles. The van der Waals surface area contributed by atoms with E-state index in [1.807, 2.05) is 7.05 Å². The molecule has 1 aromatic heterocycles. The van der Waals surface area contributed by atoms with Crippen molar-refractivity contribution in [3.8, 4) is 12.8 Å². The number of nitrogens with one attached hydrogen (secondary N) is 3. The highest BCUT2D eigenvalue weighted by Crippen LogP contribution is 2.21. The quantitative estimate of drug-likeness (QED) is 0.300. The number of methoxy groups -OCH3 is 1. The van der Waals surface area contributed by atoms with Crippen LogP contribution in [-0.2, 0) is 11.3 Å². The molecule has 2 heterocycles. The Labute approximate surface area is 147 Å². The second-order valence-corrected chi connectivity index (χ2v) is 5.46. The Morgan fingerprint density at radius 2 is 2.28 bits per heavy atom. The zero-order valence-corrected chi connectivity index (χ0v) is 14.4. The van der Waals surface area contributed by atoms with E-state index in [1.165, 1.54) is 13.2 Å². The van der Waals surface area contributed by atoms with Crippen LogP contribution in [0.15, 0.2) is 6.07 Å². The van der Waals surface area contributed by atoms with Crippen LogP contribution in [0, 0.1) is 18.3 Å². The van der Waals surface area contributed by atoms with Crippen molar-refractivity contribution in [2.45, 2.75) is 19.1 Å². The molecule has 0 bridgehead atoms. The molecule has 136 valence electrons. The molecule has 2 amide bonds. The molecule has 1 fully saturated rings. The van der Waals surface area contributed by atoms with E-state index >= 15 is 0 Å². The Morgan fingerprint density at radius 1 is 1.60 bits per heavy atom. The van der Waals surface area contributed by atoms with Gasteiger partial charge >= 0.3 is 6.03 Å². The number of rotatable bonds is 4. The number of aromatic nitrogens is 1. The number of carbonyl (C=O) groups excluding carboxylic acids is 1. The SMILES string of the molecule is C#C.COC(=N)c1c(N)cc(NC(=O)N[C@H]2CCN(C)C2)nc1CO. The summed E-state index contributed by atoms with van der Waals surface area (Å²) in [5, 5.41) is 22.5.